The van der Waals surface area contributed by atoms with Gasteiger partial charge in [-0.05, 0) is 51.0 Å². The lowest BCUT2D eigenvalue weighted by Gasteiger charge is -2.24. The molecule has 2 heteroatoms. The van der Waals surface area contributed by atoms with Crippen LogP contribution in [0.2, 0.25) is 0 Å². The van der Waals surface area contributed by atoms with E-state index in [4.69, 9.17) is 4.74 Å². The zero-order valence-corrected chi connectivity index (χ0v) is 12.5. The van der Waals surface area contributed by atoms with Gasteiger partial charge >= 0.3 is 5.97 Å². The molecule has 2 rings (SSSR count). The quantitative estimate of drug-likeness (QED) is 0.594. The Bertz CT molecular complexity index is 462. The first-order chi connectivity index (χ1) is 9.70. The summed E-state index contributed by atoms with van der Waals surface area (Å²) >= 11 is 0. The van der Waals surface area contributed by atoms with Crippen LogP contribution in [0.4, 0.5) is 0 Å². The Morgan fingerprint density at radius 1 is 1.35 bits per heavy atom. The Kier molecular flexibility index (Phi) is 5.40. The predicted octanol–water partition coefficient (Wildman–Crippen LogP) is 4.15. The maximum Gasteiger partial charge on any atom is 0.312 e. The zero-order valence-electron chi connectivity index (χ0n) is 12.5. The molecule has 0 spiro atoms. The van der Waals surface area contributed by atoms with Crippen LogP contribution in [-0.2, 0) is 16.0 Å². The van der Waals surface area contributed by atoms with Crippen LogP contribution < -0.4 is 0 Å². The van der Waals surface area contributed by atoms with Gasteiger partial charge in [-0.3, -0.25) is 4.79 Å². The second kappa shape index (κ2) is 7.28. The molecule has 1 aromatic carbocycles. The lowest BCUT2D eigenvalue weighted by atomic mass is 9.82. The van der Waals surface area contributed by atoms with E-state index in [2.05, 4.69) is 36.4 Å². The molecule has 1 aromatic rings. The number of carbonyl (C=O) groups excluding carboxylic acids is 1. The van der Waals surface area contributed by atoms with Gasteiger partial charge in [-0.1, -0.05) is 42.0 Å². The molecule has 0 N–H and O–H groups in total. The second-order valence-corrected chi connectivity index (χ2v) is 5.56. The predicted molar refractivity (Wildman–Crippen MR) is 81.4 cm³/mol. The monoisotopic (exact) mass is 272 g/mol. The minimum absolute atomic E-state index is 0.0842. The van der Waals surface area contributed by atoms with Gasteiger partial charge in [0.25, 0.3) is 0 Å². The number of esters is 1. The van der Waals surface area contributed by atoms with Crippen LogP contribution >= 0.6 is 0 Å². The highest BCUT2D eigenvalue weighted by Crippen LogP contribution is 2.30. The number of ether oxygens (including phenoxy) is 1. The number of rotatable bonds is 5. The summed E-state index contributed by atoms with van der Waals surface area (Å²) in [5.74, 6) is 0.380. The molecule has 0 heterocycles. The highest BCUT2D eigenvalue weighted by molar-refractivity contribution is 5.75. The maximum atomic E-state index is 11.8. The van der Waals surface area contributed by atoms with Crippen LogP contribution in [0.5, 0.6) is 0 Å². The third-order valence-corrected chi connectivity index (χ3v) is 4.03. The fourth-order valence-corrected chi connectivity index (χ4v) is 2.90. The van der Waals surface area contributed by atoms with E-state index in [1.165, 1.54) is 24.0 Å². The number of hydrogen-bond acceptors (Lipinski definition) is 2. The molecule has 2 atom stereocenters. The molecule has 0 radical (unpaired) electrons. The van der Waals surface area contributed by atoms with Crippen molar-refractivity contribution in [1.29, 1.82) is 0 Å². The first-order valence-corrected chi connectivity index (χ1v) is 7.62. The highest BCUT2D eigenvalue weighted by Gasteiger charge is 2.23. The Morgan fingerprint density at radius 3 is 2.80 bits per heavy atom. The van der Waals surface area contributed by atoms with Gasteiger partial charge in [0.1, 0.15) is 0 Å². The molecule has 0 bridgehead atoms. The Morgan fingerprint density at radius 2 is 2.10 bits per heavy atom. The molecule has 2 nitrogen and oxygen atoms in total. The molecule has 0 aliphatic heterocycles. The van der Waals surface area contributed by atoms with Gasteiger partial charge in [0.2, 0.25) is 0 Å². The maximum absolute atomic E-state index is 11.8. The SMILES string of the molecule is CCOC(=O)C(C)C1=CC(Cc2ccccc2)CCC1. The number of benzene rings is 1. The minimum Gasteiger partial charge on any atom is -0.466 e. The van der Waals surface area contributed by atoms with E-state index in [9.17, 15) is 4.79 Å². The van der Waals surface area contributed by atoms with Crippen molar-refractivity contribution in [1.82, 2.24) is 0 Å². The van der Waals surface area contributed by atoms with E-state index in [0.717, 1.165) is 12.8 Å². The molecule has 0 amide bonds. The van der Waals surface area contributed by atoms with Gasteiger partial charge in [-0.25, -0.2) is 0 Å². The van der Waals surface area contributed by atoms with Crippen LogP contribution in [0.15, 0.2) is 42.0 Å². The van der Waals surface area contributed by atoms with Crippen molar-refractivity contribution in [2.24, 2.45) is 11.8 Å². The van der Waals surface area contributed by atoms with Crippen molar-refractivity contribution in [2.75, 3.05) is 6.61 Å². The standard InChI is InChI=1S/C18H24O2/c1-3-20-18(19)14(2)17-11-7-10-16(13-17)12-15-8-5-4-6-9-15/h4-6,8-9,13-14,16H,3,7,10-12H2,1-2H3. The van der Waals surface area contributed by atoms with Crippen molar-refractivity contribution in [3.8, 4) is 0 Å². The first kappa shape index (κ1) is 14.8. The third-order valence-electron chi connectivity index (χ3n) is 4.03. The summed E-state index contributed by atoms with van der Waals surface area (Å²) in [4.78, 5) is 11.8. The van der Waals surface area contributed by atoms with Crippen molar-refractivity contribution in [3.63, 3.8) is 0 Å². The van der Waals surface area contributed by atoms with Gasteiger partial charge < -0.3 is 4.74 Å². The first-order valence-electron chi connectivity index (χ1n) is 7.62. The molecule has 1 aliphatic rings. The van der Waals surface area contributed by atoms with Gasteiger partial charge in [-0.15, -0.1) is 0 Å². The third kappa shape index (κ3) is 3.96. The molecule has 108 valence electrons. The Balaban J connectivity index is 2.02. The Labute approximate surface area is 121 Å². The molecular weight excluding hydrogens is 248 g/mol. The van der Waals surface area contributed by atoms with E-state index in [-0.39, 0.29) is 11.9 Å². The fraction of sp³-hybridized carbons (Fsp3) is 0.500. The van der Waals surface area contributed by atoms with Crippen LogP contribution in [0.1, 0.15) is 38.7 Å². The molecule has 0 fully saturated rings. The van der Waals surface area contributed by atoms with Gasteiger partial charge in [0, 0.05) is 0 Å². The van der Waals surface area contributed by atoms with Crippen LogP contribution in [0, 0.1) is 11.8 Å². The highest BCUT2D eigenvalue weighted by atomic mass is 16.5. The number of carbonyl (C=O) groups is 1. The lowest BCUT2D eigenvalue weighted by Crippen LogP contribution is -2.20. The van der Waals surface area contributed by atoms with Crippen molar-refractivity contribution < 1.29 is 9.53 Å². The normalized spacial score (nSPS) is 20.1. The van der Waals surface area contributed by atoms with E-state index < -0.39 is 0 Å². The van der Waals surface area contributed by atoms with Crippen molar-refractivity contribution in [2.45, 2.75) is 39.5 Å². The van der Waals surface area contributed by atoms with E-state index in [0.29, 0.717) is 12.5 Å². The zero-order chi connectivity index (χ0) is 14.4. The Hall–Kier alpha value is -1.57. The summed E-state index contributed by atoms with van der Waals surface area (Å²) in [6.45, 7) is 4.29. The summed E-state index contributed by atoms with van der Waals surface area (Å²) in [5, 5.41) is 0. The average Bonchev–Trinajstić information content (AvgIpc) is 2.48. The van der Waals surface area contributed by atoms with Crippen molar-refractivity contribution in [3.05, 3.63) is 47.5 Å². The number of hydrogen-bond donors (Lipinski definition) is 0. The van der Waals surface area contributed by atoms with Crippen molar-refractivity contribution >= 4 is 5.97 Å². The summed E-state index contributed by atoms with van der Waals surface area (Å²) in [6, 6.07) is 10.6. The van der Waals surface area contributed by atoms with E-state index >= 15 is 0 Å². The second-order valence-electron chi connectivity index (χ2n) is 5.56. The average molecular weight is 272 g/mol. The van der Waals surface area contributed by atoms with Gasteiger partial charge in [-0.2, -0.15) is 0 Å². The molecule has 0 saturated heterocycles. The smallest absolute Gasteiger partial charge is 0.312 e. The fourth-order valence-electron chi connectivity index (χ4n) is 2.90. The summed E-state index contributed by atoms with van der Waals surface area (Å²) in [5.41, 5.74) is 2.63. The van der Waals surface area contributed by atoms with Crippen LogP contribution in [-0.4, -0.2) is 12.6 Å². The summed E-state index contributed by atoms with van der Waals surface area (Å²) < 4.78 is 5.13. The van der Waals surface area contributed by atoms with E-state index in [1.807, 2.05) is 13.8 Å². The van der Waals surface area contributed by atoms with Crippen LogP contribution in [0.3, 0.4) is 0 Å². The van der Waals surface area contributed by atoms with Gasteiger partial charge in [0.15, 0.2) is 0 Å². The lowest BCUT2D eigenvalue weighted by molar-refractivity contribution is -0.146. The largest absolute Gasteiger partial charge is 0.466 e. The molecule has 0 aromatic heterocycles. The summed E-state index contributed by atoms with van der Waals surface area (Å²) in [7, 11) is 0. The minimum atomic E-state index is -0.0893. The molecule has 2 unspecified atom stereocenters. The number of allylic oxidation sites excluding steroid dienone is 1. The van der Waals surface area contributed by atoms with E-state index in [1.54, 1.807) is 0 Å². The molecule has 0 saturated carbocycles. The van der Waals surface area contributed by atoms with Crippen LogP contribution in [0.25, 0.3) is 0 Å². The van der Waals surface area contributed by atoms with Gasteiger partial charge in [0.05, 0.1) is 12.5 Å². The topological polar surface area (TPSA) is 26.3 Å². The molecule has 20 heavy (non-hydrogen) atoms. The summed E-state index contributed by atoms with van der Waals surface area (Å²) in [6.07, 6.45) is 6.81. The molecular formula is C18H24O2. The molecule has 1 aliphatic carbocycles.